The molecular formula is C24H19BrCl2N2O5. The van der Waals surface area contributed by atoms with Gasteiger partial charge in [0.1, 0.15) is 11.8 Å². The van der Waals surface area contributed by atoms with Crippen molar-refractivity contribution in [2.45, 2.75) is 12.5 Å². The molecule has 0 aliphatic rings. The number of ether oxygens (including phenoxy) is 1. The molecule has 0 saturated heterocycles. The molecule has 10 heteroatoms. The van der Waals surface area contributed by atoms with Crippen LogP contribution in [0.2, 0.25) is 10.0 Å². The largest absolute Gasteiger partial charge is 0.497 e. The smallest absolute Gasteiger partial charge is 0.326 e. The molecule has 0 radical (unpaired) electrons. The maximum absolute atomic E-state index is 12.7. The van der Waals surface area contributed by atoms with Crippen LogP contribution in [-0.2, 0) is 11.2 Å². The molecule has 0 unspecified atom stereocenters. The van der Waals surface area contributed by atoms with Crippen LogP contribution in [0.3, 0.4) is 0 Å². The lowest BCUT2D eigenvalue weighted by Crippen LogP contribution is -2.42. The molecule has 3 N–H and O–H groups in total. The van der Waals surface area contributed by atoms with E-state index in [9.17, 15) is 19.5 Å². The Hall–Kier alpha value is -3.07. The first kappa shape index (κ1) is 25.6. The van der Waals surface area contributed by atoms with Crippen LogP contribution in [0.15, 0.2) is 65.1 Å². The van der Waals surface area contributed by atoms with Gasteiger partial charge < -0.3 is 20.5 Å². The van der Waals surface area contributed by atoms with E-state index >= 15 is 0 Å². The topological polar surface area (TPSA) is 105 Å². The molecule has 0 fully saturated rings. The van der Waals surface area contributed by atoms with Crippen molar-refractivity contribution in [3.05, 3.63) is 91.9 Å². The summed E-state index contributed by atoms with van der Waals surface area (Å²) in [5.74, 6) is -1.74. The summed E-state index contributed by atoms with van der Waals surface area (Å²) >= 11 is 15.4. The van der Waals surface area contributed by atoms with Crippen molar-refractivity contribution in [1.82, 2.24) is 5.32 Å². The summed E-state index contributed by atoms with van der Waals surface area (Å²) < 4.78 is 5.63. The number of carbonyl (C=O) groups is 3. The van der Waals surface area contributed by atoms with Gasteiger partial charge >= 0.3 is 5.97 Å². The third kappa shape index (κ3) is 6.28. The third-order valence-corrected chi connectivity index (χ3v) is 6.18. The first-order valence-corrected chi connectivity index (χ1v) is 11.5. The summed E-state index contributed by atoms with van der Waals surface area (Å²) in [7, 11) is 1.47. The molecule has 176 valence electrons. The highest BCUT2D eigenvalue weighted by Gasteiger charge is 2.23. The number of carbonyl (C=O) groups excluding carboxylic acids is 2. The molecule has 1 atom stereocenters. The Labute approximate surface area is 214 Å². The summed E-state index contributed by atoms with van der Waals surface area (Å²) in [6.45, 7) is 0. The summed E-state index contributed by atoms with van der Waals surface area (Å²) in [4.78, 5) is 37.0. The Balaban J connectivity index is 1.69. The van der Waals surface area contributed by atoms with Gasteiger partial charge in [-0.15, -0.1) is 0 Å². The van der Waals surface area contributed by atoms with E-state index < -0.39 is 23.8 Å². The predicted octanol–water partition coefficient (Wildman–Crippen LogP) is 5.44. The molecule has 3 rings (SSSR count). The number of hydrogen-bond donors (Lipinski definition) is 3. The monoisotopic (exact) mass is 564 g/mol. The average Bonchev–Trinajstić information content (AvgIpc) is 2.80. The fourth-order valence-electron chi connectivity index (χ4n) is 3.11. The average molecular weight is 566 g/mol. The van der Waals surface area contributed by atoms with Crippen LogP contribution < -0.4 is 15.4 Å². The van der Waals surface area contributed by atoms with Crippen molar-refractivity contribution in [2.75, 3.05) is 12.4 Å². The van der Waals surface area contributed by atoms with Gasteiger partial charge in [0.25, 0.3) is 11.8 Å². The Morgan fingerprint density at radius 2 is 1.65 bits per heavy atom. The summed E-state index contributed by atoms with van der Waals surface area (Å²) in [6.07, 6.45) is 0.0349. The normalized spacial score (nSPS) is 11.4. The minimum Gasteiger partial charge on any atom is -0.497 e. The van der Waals surface area contributed by atoms with Crippen LogP contribution in [0, 0.1) is 0 Å². The zero-order chi connectivity index (χ0) is 24.8. The van der Waals surface area contributed by atoms with E-state index in [1.165, 1.54) is 13.2 Å². The van der Waals surface area contributed by atoms with E-state index in [1.54, 1.807) is 54.6 Å². The molecule has 34 heavy (non-hydrogen) atoms. The van der Waals surface area contributed by atoms with Gasteiger partial charge in [-0.25, -0.2) is 4.79 Å². The van der Waals surface area contributed by atoms with Gasteiger partial charge in [0, 0.05) is 16.6 Å². The van der Waals surface area contributed by atoms with E-state index in [-0.39, 0.29) is 27.6 Å². The molecule has 0 heterocycles. The van der Waals surface area contributed by atoms with Crippen molar-refractivity contribution >= 4 is 62.6 Å². The number of aliphatic carboxylic acids is 1. The molecule has 0 saturated carbocycles. The fourth-order valence-corrected chi connectivity index (χ4v) is 4.11. The van der Waals surface area contributed by atoms with Gasteiger partial charge in [-0.1, -0.05) is 41.4 Å². The first-order chi connectivity index (χ1) is 16.2. The molecule has 3 aromatic rings. The molecule has 0 aliphatic heterocycles. The molecule has 2 amide bonds. The molecule has 7 nitrogen and oxygen atoms in total. The first-order valence-electron chi connectivity index (χ1n) is 9.91. The zero-order valence-electron chi connectivity index (χ0n) is 17.8. The van der Waals surface area contributed by atoms with Crippen molar-refractivity contribution < 1.29 is 24.2 Å². The van der Waals surface area contributed by atoms with Crippen LogP contribution in [0.5, 0.6) is 5.75 Å². The molecule has 3 aromatic carbocycles. The number of rotatable bonds is 8. The lowest BCUT2D eigenvalue weighted by molar-refractivity contribution is -0.139. The number of benzene rings is 3. The number of carboxylic acid groups (broad SMARTS) is 1. The summed E-state index contributed by atoms with van der Waals surface area (Å²) in [5.41, 5.74) is 1.53. The van der Waals surface area contributed by atoms with E-state index in [1.807, 2.05) is 0 Å². The van der Waals surface area contributed by atoms with E-state index in [2.05, 4.69) is 26.6 Å². The van der Waals surface area contributed by atoms with Crippen LogP contribution in [0.25, 0.3) is 0 Å². The van der Waals surface area contributed by atoms with Gasteiger partial charge in [0.15, 0.2) is 0 Å². The number of halogens is 3. The maximum Gasteiger partial charge on any atom is 0.326 e. The number of carboxylic acids is 1. The van der Waals surface area contributed by atoms with Crippen molar-refractivity contribution in [3.8, 4) is 5.75 Å². The van der Waals surface area contributed by atoms with E-state index in [0.717, 1.165) is 0 Å². The van der Waals surface area contributed by atoms with Gasteiger partial charge in [-0.2, -0.15) is 0 Å². The predicted molar refractivity (Wildman–Crippen MR) is 134 cm³/mol. The van der Waals surface area contributed by atoms with E-state index in [0.29, 0.717) is 21.5 Å². The molecule has 0 spiro atoms. The van der Waals surface area contributed by atoms with E-state index in [4.69, 9.17) is 27.9 Å². The molecule has 0 bridgehead atoms. The summed E-state index contributed by atoms with van der Waals surface area (Å²) in [5, 5.41) is 15.3. The van der Waals surface area contributed by atoms with Crippen LogP contribution in [0.4, 0.5) is 5.69 Å². The molecule has 0 aliphatic carbocycles. The second-order valence-electron chi connectivity index (χ2n) is 7.16. The highest BCUT2D eigenvalue weighted by molar-refractivity contribution is 9.10. The number of amides is 2. The number of hydrogen-bond acceptors (Lipinski definition) is 4. The van der Waals surface area contributed by atoms with Crippen molar-refractivity contribution in [3.63, 3.8) is 0 Å². The van der Waals surface area contributed by atoms with Crippen LogP contribution >= 0.6 is 39.1 Å². The Bertz CT molecular complexity index is 1210. The minimum absolute atomic E-state index is 0.0349. The maximum atomic E-state index is 12.7. The Morgan fingerprint density at radius 3 is 2.24 bits per heavy atom. The SMILES string of the molecule is COc1ccc(Br)c(C(=O)N[C@@H](Cc2ccc(NC(=O)c3c(Cl)cccc3Cl)cc2)C(=O)O)c1. The van der Waals surface area contributed by atoms with Gasteiger partial charge in [-0.3, -0.25) is 9.59 Å². The Kier molecular flexibility index (Phi) is 8.55. The van der Waals surface area contributed by atoms with Gasteiger partial charge in [0.2, 0.25) is 0 Å². The lowest BCUT2D eigenvalue weighted by atomic mass is 10.0. The minimum atomic E-state index is -1.18. The van der Waals surface area contributed by atoms with Gasteiger partial charge in [-0.05, 0) is 64.0 Å². The summed E-state index contributed by atoms with van der Waals surface area (Å²) in [6, 6.07) is 15.0. The number of anilines is 1. The standard InChI is InChI=1S/C24H19BrCl2N2O5/c1-34-15-9-10-17(25)16(12-15)22(30)29-20(24(32)33)11-13-5-7-14(8-6-13)28-23(31)21-18(26)3-2-4-19(21)27/h2-10,12,20H,11H2,1H3,(H,28,31)(H,29,30)(H,32,33)/t20-/m0/s1. The quantitative estimate of drug-likeness (QED) is 0.337. The second kappa shape index (κ2) is 11.4. The van der Waals surface area contributed by atoms with Gasteiger partial charge in [0.05, 0.1) is 28.3 Å². The third-order valence-electron chi connectivity index (χ3n) is 4.86. The zero-order valence-corrected chi connectivity index (χ0v) is 20.9. The molecule has 0 aromatic heterocycles. The number of nitrogens with one attached hydrogen (secondary N) is 2. The fraction of sp³-hybridized carbons (Fsp3) is 0.125. The lowest BCUT2D eigenvalue weighted by Gasteiger charge is -2.16. The second-order valence-corrected chi connectivity index (χ2v) is 8.83. The highest BCUT2D eigenvalue weighted by atomic mass is 79.9. The number of methoxy groups -OCH3 is 1. The van der Waals surface area contributed by atoms with Crippen LogP contribution in [0.1, 0.15) is 26.3 Å². The Morgan fingerprint density at radius 1 is 1.00 bits per heavy atom. The highest BCUT2D eigenvalue weighted by Crippen LogP contribution is 2.26. The van der Waals surface area contributed by atoms with Crippen molar-refractivity contribution in [1.29, 1.82) is 0 Å². The van der Waals surface area contributed by atoms with Crippen LogP contribution in [-0.4, -0.2) is 36.0 Å². The van der Waals surface area contributed by atoms with Crippen molar-refractivity contribution in [2.24, 2.45) is 0 Å². The molecular weight excluding hydrogens is 547 g/mol.